The van der Waals surface area contributed by atoms with Crippen LogP contribution >= 0.6 is 15.9 Å². The molecule has 0 unspecified atom stereocenters. The lowest BCUT2D eigenvalue weighted by atomic mass is 10.2. The third kappa shape index (κ3) is 3.23. The zero-order chi connectivity index (χ0) is 12.0. The molecule has 86 valence electrons. The standard InChI is InChI=1S/C14H19BrSi/c1-4-16(5-2,6-3)12-11-13-9-7-8-10-14(13)15/h7-10H,4-6H2,1-3H3. The number of benzene rings is 1. The molecule has 0 aliphatic rings. The van der Waals surface area contributed by atoms with Gasteiger partial charge < -0.3 is 0 Å². The van der Waals surface area contributed by atoms with E-state index in [9.17, 15) is 0 Å². The summed E-state index contributed by atoms with van der Waals surface area (Å²) in [5, 5.41) is 0. The van der Waals surface area contributed by atoms with Crippen molar-refractivity contribution in [1.29, 1.82) is 0 Å². The van der Waals surface area contributed by atoms with E-state index in [4.69, 9.17) is 0 Å². The average Bonchev–Trinajstić information content (AvgIpc) is 2.34. The van der Waals surface area contributed by atoms with Crippen LogP contribution in [0.25, 0.3) is 0 Å². The monoisotopic (exact) mass is 294 g/mol. The smallest absolute Gasteiger partial charge is 0.126 e. The van der Waals surface area contributed by atoms with E-state index >= 15 is 0 Å². The minimum Gasteiger partial charge on any atom is -0.126 e. The first-order chi connectivity index (χ1) is 7.67. The summed E-state index contributed by atoms with van der Waals surface area (Å²) in [5.41, 5.74) is 4.72. The van der Waals surface area contributed by atoms with Crippen LogP contribution in [-0.2, 0) is 0 Å². The molecule has 0 saturated carbocycles. The molecule has 0 heterocycles. The fourth-order valence-corrected chi connectivity index (χ4v) is 4.59. The van der Waals surface area contributed by atoms with E-state index in [1.54, 1.807) is 0 Å². The summed E-state index contributed by atoms with van der Waals surface area (Å²) in [6, 6.07) is 12.0. The van der Waals surface area contributed by atoms with Gasteiger partial charge >= 0.3 is 0 Å². The Morgan fingerprint density at radius 1 is 1.06 bits per heavy atom. The van der Waals surface area contributed by atoms with Crippen molar-refractivity contribution >= 4 is 24.0 Å². The van der Waals surface area contributed by atoms with Gasteiger partial charge in [0.2, 0.25) is 0 Å². The highest BCUT2D eigenvalue weighted by molar-refractivity contribution is 9.10. The molecule has 0 aliphatic heterocycles. The third-order valence-corrected chi connectivity index (χ3v) is 8.77. The van der Waals surface area contributed by atoms with Gasteiger partial charge in [0.05, 0.1) is 0 Å². The van der Waals surface area contributed by atoms with Gasteiger partial charge in [-0.25, -0.2) is 0 Å². The van der Waals surface area contributed by atoms with Crippen LogP contribution in [0.15, 0.2) is 28.7 Å². The molecule has 0 bridgehead atoms. The first kappa shape index (κ1) is 13.5. The van der Waals surface area contributed by atoms with E-state index in [2.05, 4.69) is 60.3 Å². The van der Waals surface area contributed by atoms with E-state index in [0.29, 0.717) is 0 Å². The van der Waals surface area contributed by atoms with E-state index in [-0.39, 0.29) is 0 Å². The molecule has 0 fully saturated rings. The lowest BCUT2D eigenvalue weighted by Crippen LogP contribution is -2.29. The molecule has 0 saturated heterocycles. The van der Waals surface area contributed by atoms with E-state index in [0.717, 1.165) is 10.0 Å². The van der Waals surface area contributed by atoms with Gasteiger partial charge in [0.1, 0.15) is 8.07 Å². The molecule has 0 aromatic heterocycles. The van der Waals surface area contributed by atoms with Crippen molar-refractivity contribution in [1.82, 2.24) is 0 Å². The van der Waals surface area contributed by atoms with Crippen molar-refractivity contribution in [2.75, 3.05) is 0 Å². The summed E-state index contributed by atoms with van der Waals surface area (Å²) < 4.78 is 1.11. The van der Waals surface area contributed by atoms with Crippen molar-refractivity contribution in [3.8, 4) is 11.5 Å². The van der Waals surface area contributed by atoms with Gasteiger partial charge in [-0.2, -0.15) is 0 Å². The van der Waals surface area contributed by atoms with Crippen LogP contribution < -0.4 is 0 Å². The molecule has 0 spiro atoms. The summed E-state index contributed by atoms with van der Waals surface area (Å²) >= 11 is 3.54. The largest absolute Gasteiger partial charge is 0.138 e. The SMILES string of the molecule is CC[Si](C#Cc1ccccc1Br)(CC)CC. The van der Waals surface area contributed by atoms with E-state index in [1.165, 1.54) is 18.1 Å². The highest BCUT2D eigenvalue weighted by Crippen LogP contribution is 2.20. The highest BCUT2D eigenvalue weighted by Gasteiger charge is 2.24. The molecule has 2 heteroatoms. The summed E-state index contributed by atoms with van der Waals surface area (Å²) in [6.07, 6.45) is 0. The fourth-order valence-electron chi connectivity index (χ4n) is 1.78. The quantitative estimate of drug-likeness (QED) is 0.552. The zero-order valence-electron chi connectivity index (χ0n) is 10.3. The Labute approximate surface area is 109 Å². The number of hydrogen-bond acceptors (Lipinski definition) is 0. The fraction of sp³-hybridized carbons (Fsp3) is 0.429. The van der Waals surface area contributed by atoms with Gasteiger partial charge in [0, 0.05) is 10.0 Å². The summed E-state index contributed by atoms with van der Waals surface area (Å²) in [4.78, 5) is 0. The lowest BCUT2D eigenvalue weighted by molar-refractivity contribution is 1.20. The maximum absolute atomic E-state index is 3.60. The molecule has 0 N–H and O–H groups in total. The van der Waals surface area contributed by atoms with Crippen LogP contribution in [0.3, 0.4) is 0 Å². The first-order valence-corrected chi connectivity index (χ1v) is 9.36. The van der Waals surface area contributed by atoms with Crippen LogP contribution in [0.5, 0.6) is 0 Å². The molecule has 0 atom stereocenters. The Kier molecular flexibility index (Phi) is 5.31. The van der Waals surface area contributed by atoms with Crippen LogP contribution in [0.4, 0.5) is 0 Å². The van der Waals surface area contributed by atoms with Crippen molar-refractivity contribution in [3.05, 3.63) is 34.3 Å². The van der Waals surface area contributed by atoms with Crippen molar-refractivity contribution in [3.63, 3.8) is 0 Å². The van der Waals surface area contributed by atoms with Crippen LogP contribution in [0.2, 0.25) is 18.1 Å². The molecule has 1 rings (SSSR count). The van der Waals surface area contributed by atoms with Gasteiger partial charge in [0.15, 0.2) is 0 Å². The zero-order valence-corrected chi connectivity index (χ0v) is 12.9. The van der Waals surface area contributed by atoms with Gasteiger partial charge in [-0.1, -0.05) is 38.8 Å². The van der Waals surface area contributed by atoms with Crippen molar-refractivity contribution in [2.24, 2.45) is 0 Å². The maximum Gasteiger partial charge on any atom is 0.138 e. The topological polar surface area (TPSA) is 0 Å². The predicted molar refractivity (Wildman–Crippen MR) is 78.2 cm³/mol. The van der Waals surface area contributed by atoms with Gasteiger partial charge in [-0.15, -0.1) is 5.54 Å². The molecule has 1 aromatic carbocycles. The normalized spacial score (nSPS) is 10.8. The second-order valence-electron chi connectivity index (χ2n) is 4.07. The minimum absolute atomic E-state index is 1.11. The molecule has 0 nitrogen and oxygen atoms in total. The molecule has 0 aliphatic carbocycles. The van der Waals surface area contributed by atoms with Crippen LogP contribution in [-0.4, -0.2) is 8.07 Å². The lowest BCUT2D eigenvalue weighted by Gasteiger charge is -2.20. The predicted octanol–water partition coefficient (Wildman–Crippen LogP) is 4.85. The Morgan fingerprint density at radius 3 is 2.12 bits per heavy atom. The number of rotatable bonds is 3. The highest BCUT2D eigenvalue weighted by atomic mass is 79.9. The molecule has 16 heavy (non-hydrogen) atoms. The second-order valence-corrected chi connectivity index (χ2v) is 9.86. The molecular weight excluding hydrogens is 276 g/mol. The Balaban J connectivity index is 3.00. The minimum atomic E-state index is -1.31. The molecule has 1 aromatic rings. The average molecular weight is 295 g/mol. The first-order valence-electron chi connectivity index (χ1n) is 5.95. The molecule has 0 radical (unpaired) electrons. The van der Waals surface area contributed by atoms with Crippen molar-refractivity contribution in [2.45, 2.75) is 38.9 Å². The van der Waals surface area contributed by atoms with Crippen molar-refractivity contribution < 1.29 is 0 Å². The van der Waals surface area contributed by atoms with E-state index in [1.807, 2.05) is 12.1 Å². The Morgan fingerprint density at radius 2 is 1.62 bits per heavy atom. The van der Waals surface area contributed by atoms with Gasteiger partial charge in [0.25, 0.3) is 0 Å². The second kappa shape index (κ2) is 6.27. The summed E-state index contributed by atoms with van der Waals surface area (Å²) in [7, 11) is -1.31. The third-order valence-electron chi connectivity index (χ3n) is 3.37. The van der Waals surface area contributed by atoms with Crippen LogP contribution in [0.1, 0.15) is 26.3 Å². The maximum atomic E-state index is 3.60. The van der Waals surface area contributed by atoms with E-state index < -0.39 is 8.07 Å². The summed E-state index contributed by atoms with van der Waals surface area (Å²) in [6.45, 7) is 6.86. The number of halogens is 1. The molecular formula is C14H19BrSi. The summed E-state index contributed by atoms with van der Waals surface area (Å²) in [5.74, 6) is 3.37. The van der Waals surface area contributed by atoms with Gasteiger partial charge in [-0.05, 0) is 46.2 Å². The number of hydrogen-bond donors (Lipinski definition) is 0. The van der Waals surface area contributed by atoms with Gasteiger partial charge in [-0.3, -0.25) is 0 Å². The Bertz CT molecular complexity index is 388. The van der Waals surface area contributed by atoms with Crippen LogP contribution in [0, 0.1) is 11.5 Å². The Hall–Kier alpha value is -0.523. The molecule has 0 amide bonds.